The van der Waals surface area contributed by atoms with Crippen LogP contribution in [-0.2, 0) is 13.0 Å². The van der Waals surface area contributed by atoms with Gasteiger partial charge in [-0.2, -0.15) is 0 Å². The Morgan fingerprint density at radius 1 is 1.14 bits per heavy atom. The number of anilines is 1. The van der Waals surface area contributed by atoms with Gasteiger partial charge in [0.25, 0.3) is 0 Å². The van der Waals surface area contributed by atoms with E-state index in [0.29, 0.717) is 6.04 Å². The summed E-state index contributed by atoms with van der Waals surface area (Å²) in [6, 6.07) is 5.03. The lowest BCUT2D eigenvalue weighted by Gasteiger charge is -2.23. The van der Waals surface area contributed by atoms with Crippen LogP contribution < -0.4 is 10.2 Å². The number of pyridine rings is 1. The molecule has 3 nitrogen and oxygen atoms in total. The summed E-state index contributed by atoms with van der Waals surface area (Å²) in [5.74, 6) is 1.15. The summed E-state index contributed by atoms with van der Waals surface area (Å²) >= 11 is 0. The highest BCUT2D eigenvalue weighted by atomic mass is 15.2. The van der Waals surface area contributed by atoms with E-state index < -0.39 is 0 Å². The zero-order chi connectivity index (χ0) is 15.7. The molecule has 0 aliphatic carbocycles. The van der Waals surface area contributed by atoms with Crippen molar-refractivity contribution in [3.63, 3.8) is 0 Å². The molecule has 0 unspecified atom stereocenters. The molecule has 0 amide bonds. The van der Waals surface area contributed by atoms with Crippen molar-refractivity contribution in [2.45, 2.75) is 72.9 Å². The number of aryl methyl sites for hydroxylation is 1. The molecule has 1 rings (SSSR count). The molecule has 120 valence electrons. The van der Waals surface area contributed by atoms with Gasteiger partial charge in [0.05, 0.1) is 0 Å². The second kappa shape index (κ2) is 9.78. The lowest BCUT2D eigenvalue weighted by Crippen LogP contribution is -2.26. The SMILES string of the molecule is CCCCN(CC)c1cc(CNC(C)C)cc(CCC)n1. The Kier molecular flexibility index (Phi) is 8.36. The van der Waals surface area contributed by atoms with E-state index in [0.717, 1.165) is 38.3 Å². The van der Waals surface area contributed by atoms with Crippen molar-refractivity contribution in [3.8, 4) is 0 Å². The number of hydrogen-bond acceptors (Lipinski definition) is 3. The van der Waals surface area contributed by atoms with Gasteiger partial charge in [0.1, 0.15) is 5.82 Å². The van der Waals surface area contributed by atoms with Crippen LogP contribution in [0.5, 0.6) is 0 Å². The fourth-order valence-electron chi connectivity index (χ4n) is 2.39. The summed E-state index contributed by atoms with van der Waals surface area (Å²) in [7, 11) is 0. The minimum absolute atomic E-state index is 0.513. The first-order valence-electron chi connectivity index (χ1n) is 8.58. The molecule has 0 aromatic carbocycles. The van der Waals surface area contributed by atoms with Crippen LogP contribution in [0, 0.1) is 0 Å². The Balaban J connectivity index is 2.93. The predicted octanol–water partition coefficient (Wildman–Crippen LogP) is 4.16. The highest BCUT2D eigenvalue weighted by Gasteiger charge is 2.09. The minimum Gasteiger partial charge on any atom is -0.357 e. The second-order valence-corrected chi connectivity index (χ2v) is 6.04. The van der Waals surface area contributed by atoms with Crippen LogP contribution in [0.4, 0.5) is 5.82 Å². The standard InChI is InChI=1S/C18H33N3/c1-6-9-11-21(8-3)18-13-16(14-19-15(4)5)12-17(20-18)10-7-2/h12-13,15,19H,6-11,14H2,1-5H3. The van der Waals surface area contributed by atoms with Crippen molar-refractivity contribution >= 4 is 5.82 Å². The molecule has 1 aromatic rings. The topological polar surface area (TPSA) is 28.2 Å². The maximum atomic E-state index is 4.87. The van der Waals surface area contributed by atoms with Gasteiger partial charge in [-0.15, -0.1) is 0 Å². The van der Waals surface area contributed by atoms with Crippen molar-refractivity contribution in [2.75, 3.05) is 18.0 Å². The Hall–Kier alpha value is -1.09. The summed E-state index contributed by atoms with van der Waals surface area (Å²) in [4.78, 5) is 7.28. The highest BCUT2D eigenvalue weighted by molar-refractivity contribution is 5.42. The van der Waals surface area contributed by atoms with Gasteiger partial charge in [-0.1, -0.05) is 40.5 Å². The monoisotopic (exact) mass is 291 g/mol. The highest BCUT2D eigenvalue weighted by Crippen LogP contribution is 2.17. The fraction of sp³-hybridized carbons (Fsp3) is 0.722. The molecule has 0 atom stereocenters. The van der Waals surface area contributed by atoms with Gasteiger partial charge in [-0.25, -0.2) is 4.98 Å². The Morgan fingerprint density at radius 2 is 1.90 bits per heavy atom. The minimum atomic E-state index is 0.513. The van der Waals surface area contributed by atoms with Crippen molar-refractivity contribution in [3.05, 3.63) is 23.4 Å². The van der Waals surface area contributed by atoms with Crippen LogP contribution in [0.1, 0.15) is 65.1 Å². The van der Waals surface area contributed by atoms with Crippen molar-refractivity contribution in [1.82, 2.24) is 10.3 Å². The van der Waals surface area contributed by atoms with Crippen LogP contribution in [0.15, 0.2) is 12.1 Å². The third-order valence-electron chi connectivity index (χ3n) is 3.63. The van der Waals surface area contributed by atoms with E-state index >= 15 is 0 Å². The molecule has 0 aliphatic rings. The predicted molar refractivity (Wildman–Crippen MR) is 93.0 cm³/mol. The number of rotatable bonds is 10. The maximum absolute atomic E-state index is 4.87. The van der Waals surface area contributed by atoms with E-state index in [-0.39, 0.29) is 0 Å². The largest absolute Gasteiger partial charge is 0.357 e. The van der Waals surface area contributed by atoms with Crippen LogP contribution >= 0.6 is 0 Å². The van der Waals surface area contributed by atoms with E-state index in [1.165, 1.54) is 24.1 Å². The molecule has 0 bridgehead atoms. The normalized spacial score (nSPS) is 11.1. The van der Waals surface area contributed by atoms with E-state index in [1.807, 2.05) is 0 Å². The van der Waals surface area contributed by atoms with Crippen molar-refractivity contribution in [2.24, 2.45) is 0 Å². The Morgan fingerprint density at radius 3 is 2.48 bits per heavy atom. The molecule has 0 aliphatic heterocycles. The molecule has 0 saturated carbocycles. The van der Waals surface area contributed by atoms with Gasteiger partial charge in [0.15, 0.2) is 0 Å². The first-order valence-corrected chi connectivity index (χ1v) is 8.58. The lowest BCUT2D eigenvalue weighted by molar-refractivity contribution is 0.587. The average molecular weight is 291 g/mol. The molecule has 0 spiro atoms. The molecule has 0 saturated heterocycles. The Bertz CT molecular complexity index is 401. The van der Waals surface area contributed by atoms with Crippen LogP contribution in [0.3, 0.4) is 0 Å². The van der Waals surface area contributed by atoms with Gasteiger partial charge in [-0.3, -0.25) is 0 Å². The fourth-order valence-corrected chi connectivity index (χ4v) is 2.39. The summed E-state index contributed by atoms with van der Waals surface area (Å²) in [6.07, 6.45) is 4.67. The zero-order valence-electron chi connectivity index (χ0n) is 14.6. The van der Waals surface area contributed by atoms with Crippen molar-refractivity contribution in [1.29, 1.82) is 0 Å². The number of aromatic nitrogens is 1. The van der Waals surface area contributed by atoms with E-state index in [1.54, 1.807) is 0 Å². The zero-order valence-corrected chi connectivity index (χ0v) is 14.6. The van der Waals surface area contributed by atoms with E-state index in [9.17, 15) is 0 Å². The number of unbranched alkanes of at least 4 members (excludes halogenated alkanes) is 1. The van der Waals surface area contributed by atoms with Crippen LogP contribution in [0.2, 0.25) is 0 Å². The van der Waals surface area contributed by atoms with E-state index in [4.69, 9.17) is 4.98 Å². The first-order chi connectivity index (χ1) is 10.1. The summed E-state index contributed by atoms with van der Waals surface area (Å²) < 4.78 is 0. The molecule has 0 fully saturated rings. The second-order valence-electron chi connectivity index (χ2n) is 6.04. The molecule has 0 radical (unpaired) electrons. The van der Waals surface area contributed by atoms with Gasteiger partial charge in [-0.05, 0) is 37.5 Å². The average Bonchev–Trinajstić information content (AvgIpc) is 2.46. The van der Waals surface area contributed by atoms with Gasteiger partial charge < -0.3 is 10.2 Å². The lowest BCUT2D eigenvalue weighted by atomic mass is 10.1. The molecular weight excluding hydrogens is 258 g/mol. The van der Waals surface area contributed by atoms with Crippen LogP contribution in [0.25, 0.3) is 0 Å². The molecule has 1 N–H and O–H groups in total. The molecular formula is C18H33N3. The third-order valence-corrected chi connectivity index (χ3v) is 3.63. The summed E-state index contributed by atoms with van der Waals surface area (Å²) in [5, 5.41) is 3.51. The molecule has 1 aromatic heterocycles. The number of nitrogens with zero attached hydrogens (tertiary/aromatic N) is 2. The third kappa shape index (κ3) is 6.47. The number of nitrogens with one attached hydrogen (secondary N) is 1. The molecule has 21 heavy (non-hydrogen) atoms. The van der Waals surface area contributed by atoms with Gasteiger partial charge in [0.2, 0.25) is 0 Å². The quantitative estimate of drug-likeness (QED) is 0.701. The van der Waals surface area contributed by atoms with Crippen molar-refractivity contribution < 1.29 is 0 Å². The van der Waals surface area contributed by atoms with Gasteiger partial charge >= 0.3 is 0 Å². The summed E-state index contributed by atoms with van der Waals surface area (Å²) in [6.45, 7) is 14.1. The Labute approximate surface area is 131 Å². The van der Waals surface area contributed by atoms with E-state index in [2.05, 4.69) is 57.0 Å². The number of hydrogen-bond donors (Lipinski definition) is 1. The maximum Gasteiger partial charge on any atom is 0.129 e. The van der Waals surface area contributed by atoms with Gasteiger partial charge in [0, 0.05) is 31.4 Å². The van der Waals surface area contributed by atoms with Crippen LogP contribution in [-0.4, -0.2) is 24.1 Å². The summed E-state index contributed by atoms with van der Waals surface area (Å²) in [5.41, 5.74) is 2.58. The molecule has 3 heteroatoms. The first kappa shape index (κ1) is 18.0. The smallest absolute Gasteiger partial charge is 0.129 e. The molecule has 1 heterocycles.